The van der Waals surface area contributed by atoms with Gasteiger partial charge in [-0.1, -0.05) is 0 Å². The third-order valence-corrected chi connectivity index (χ3v) is 6.52. The van der Waals surface area contributed by atoms with Crippen molar-refractivity contribution in [3.05, 3.63) is 23.2 Å². The summed E-state index contributed by atoms with van der Waals surface area (Å²) in [6.45, 7) is 8.32. The van der Waals surface area contributed by atoms with E-state index in [-0.39, 0.29) is 36.4 Å². The van der Waals surface area contributed by atoms with Crippen LogP contribution < -0.4 is 16.0 Å². The highest BCUT2D eigenvalue weighted by Crippen LogP contribution is 2.27. The molecule has 0 saturated carbocycles. The van der Waals surface area contributed by atoms with Crippen molar-refractivity contribution in [1.82, 2.24) is 16.0 Å². The number of amides is 1. The number of sulfone groups is 1. The molecule has 2 rings (SSSR count). The number of guanidine groups is 1. The zero-order chi connectivity index (χ0) is 21.7. The lowest BCUT2D eigenvalue weighted by atomic mass is 9.96. The Morgan fingerprint density at radius 3 is 2.66 bits per heavy atom. The van der Waals surface area contributed by atoms with E-state index in [1.807, 2.05) is 13.8 Å². The SMILES string of the molecule is CCNC(=NCC(C)(O)c1cc(C)oc1C)NCCC(=O)NC1CCS(=O)(=O)C1. The van der Waals surface area contributed by atoms with Gasteiger partial charge in [-0.3, -0.25) is 4.79 Å². The van der Waals surface area contributed by atoms with Crippen molar-refractivity contribution in [2.75, 3.05) is 31.1 Å². The standard InChI is InChI=1S/C19H32N4O5S/c1-5-20-18(22-12-19(4,25)16-10-13(2)28-14(16)3)21-8-6-17(24)23-15-7-9-29(26,27)11-15/h10,15,25H,5-9,11-12H2,1-4H3,(H,23,24)(H2,20,21,22). The third kappa shape index (κ3) is 7.04. The number of hydrogen-bond donors (Lipinski definition) is 4. The zero-order valence-corrected chi connectivity index (χ0v) is 18.4. The first-order valence-electron chi connectivity index (χ1n) is 9.84. The molecule has 1 aromatic heterocycles. The van der Waals surface area contributed by atoms with Crippen LogP contribution in [0.4, 0.5) is 0 Å². The number of furan rings is 1. The van der Waals surface area contributed by atoms with Gasteiger partial charge in [0.2, 0.25) is 5.91 Å². The fraction of sp³-hybridized carbons (Fsp3) is 0.684. The summed E-state index contributed by atoms with van der Waals surface area (Å²) in [5, 5.41) is 19.7. The van der Waals surface area contributed by atoms with Crippen molar-refractivity contribution in [3.63, 3.8) is 0 Å². The maximum atomic E-state index is 12.0. The molecule has 2 heterocycles. The topological polar surface area (TPSA) is 133 Å². The molecule has 0 bridgehead atoms. The van der Waals surface area contributed by atoms with Gasteiger partial charge in [-0.05, 0) is 40.2 Å². The van der Waals surface area contributed by atoms with E-state index in [9.17, 15) is 18.3 Å². The van der Waals surface area contributed by atoms with Crippen molar-refractivity contribution in [3.8, 4) is 0 Å². The lowest BCUT2D eigenvalue weighted by molar-refractivity contribution is -0.121. The van der Waals surface area contributed by atoms with Crippen LogP contribution in [-0.4, -0.2) is 62.6 Å². The smallest absolute Gasteiger partial charge is 0.222 e. The normalized spacial score (nSPS) is 20.9. The summed E-state index contributed by atoms with van der Waals surface area (Å²) in [6, 6.07) is 1.50. The highest BCUT2D eigenvalue weighted by Gasteiger charge is 2.29. The van der Waals surface area contributed by atoms with Crippen LogP contribution >= 0.6 is 0 Å². The van der Waals surface area contributed by atoms with Crippen LogP contribution in [-0.2, 0) is 20.2 Å². The van der Waals surface area contributed by atoms with Gasteiger partial charge in [-0.15, -0.1) is 0 Å². The molecule has 10 heteroatoms. The van der Waals surface area contributed by atoms with Gasteiger partial charge in [0.05, 0.1) is 18.1 Å². The van der Waals surface area contributed by atoms with Gasteiger partial charge in [-0.2, -0.15) is 0 Å². The molecule has 164 valence electrons. The highest BCUT2D eigenvalue weighted by atomic mass is 32.2. The zero-order valence-electron chi connectivity index (χ0n) is 17.5. The minimum Gasteiger partial charge on any atom is -0.466 e. The molecule has 1 aromatic rings. The first kappa shape index (κ1) is 23.2. The predicted molar refractivity (Wildman–Crippen MR) is 112 cm³/mol. The Hall–Kier alpha value is -2.07. The number of nitrogens with one attached hydrogen (secondary N) is 3. The number of rotatable bonds is 8. The first-order valence-corrected chi connectivity index (χ1v) is 11.7. The molecular formula is C19H32N4O5S. The molecule has 1 saturated heterocycles. The average Bonchev–Trinajstić information content (AvgIpc) is 3.13. The van der Waals surface area contributed by atoms with Gasteiger partial charge < -0.3 is 25.5 Å². The molecule has 1 aliphatic rings. The molecule has 0 aliphatic carbocycles. The lowest BCUT2D eigenvalue weighted by Crippen LogP contribution is -2.42. The largest absolute Gasteiger partial charge is 0.466 e. The summed E-state index contributed by atoms with van der Waals surface area (Å²) in [6.07, 6.45) is 0.658. The second-order valence-electron chi connectivity index (χ2n) is 7.64. The second-order valence-corrected chi connectivity index (χ2v) is 9.87. The van der Waals surface area contributed by atoms with Crippen LogP contribution in [0.2, 0.25) is 0 Å². The third-order valence-electron chi connectivity index (χ3n) is 4.75. The van der Waals surface area contributed by atoms with E-state index in [1.54, 1.807) is 19.9 Å². The van der Waals surface area contributed by atoms with Crippen molar-refractivity contribution in [2.24, 2.45) is 4.99 Å². The highest BCUT2D eigenvalue weighted by molar-refractivity contribution is 7.91. The Kier molecular flexibility index (Phi) is 7.70. The summed E-state index contributed by atoms with van der Waals surface area (Å²) in [4.78, 5) is 16.5. The summed E-state index contributed by atoms with van der Waals surface area (Å²) in [5.74, 6) is 1.81. The average molecular weight is 429 g/mol. The molecule has 0 spiro atoms. The van der Waals surface area contributed by atoms with Gasteiger partial charge in [0.15, 0.2) is 15.8 Å². The van der Waals surface area contributed by atoms with Gasteiger partial charge >= 0.3 is 0 Å². The van der Waals surface area contributed by atoms with E-state index in [0.29, 0.717) is 36.8 Å². The molecule has 0 aromatic carbocycles. The van der Waals surface area contributed by atoms with Crippen LogP contribution in [0, 0.1) is 13.8 Å². The van der Waals surface area contributed by atoms with Gasteiger partial charge in [0.1, 0.15) is 17.1 Å². The van der Waals surface area contributed by atoms with E-state index in [2.05, 4.69) is 20.9 Å². The summed E-state index contributed by atoms with van der Waals surface area (Å²) in [5.41, 5.74) is -0.490. The molecule has 2 unspecified atom stereocenters. The van der Waals surface area contributed by atoms with Gasteiger partial charge in [0.25, 0.3) is 0 Å². The summed E-state index contributed by atoms with van der Waals surface area (Å²) < 4.78 is 28.4. The maximum absolute atomic E-state index is 12.0. The maximum Gasteiger partial charge on any atom is 0.222 e. The van der Waals surface area contributed by atoms with Crippen LogP contribution in [0.5, 0.6) is 0 Å². The number of hydrogen-bond acceptors (Lipinski definition) is 6. The molecule has 1 aliphatic heterocycles. The monoisotopic (exact) mass is 428 g/mol. The van der Waals surface area contributed by atoms with Crippen molar-refractivity contribution >= 4 is 21.7 Å². The number of aliphatic hydroxyl groups is 1. The van der Waals surface area contributed by atoms with Gasteiger partial charge in [0, 0.05) is 31.1 Å². The first-order chi connectivity index (χ1) is 13.5. The predicted octanol–water partition coefficient (Wildman–Crippen LogP) is 0.352. The number of carbonyl (C=O) groups excluding carboxylic acids is 1. The van der Waals surface area contributed by atoms with E-state index in [0.717, 1.165) is 5.76 Å². The molecule has 2 atom stereocenters. The Balaban J connectivity index is 1.85. The fourth-order valence-electron chi connectivity index (χ4n) is 3.33. The van der Waals surface area contributed by atoms with Crippen LogP contribution in [0.1, 0.15) is 43.8 Å². The van der Waals surface area contributed by atoms with E-state index in [4.69, 9.17) is 4.42 Å². The molecule has 9 nitrogen and oxygen atoms in total. The van der Waals surface area contributed by atoms with Crippen LogP contribution in [0.15, 0.2) is 15.5 Å². The lowest BCUT2D eigenvalue weighted by Gasteiger charge is -2.21. The Morgan fingerprint density at radius 2 is 2.10 bits per heavy atom. The number of carbonyl (C=O) groups is 1. The molecule has 29 heavy (non-hydrogen) atoms. The van der Waals surface area contributed by atoms with Crippen molar-refractivity contribution in [2.45, 2.75) is 52.2 Å². The molecule has 0 radical (unpaired) electrons. The van der Waals surface area contributed by atoms with Crippen molar-refractivity contribution < 1.29 is 22.7 Å². The summed E-state index contributed by atoms with van der Waals surface area (Å²) >= 11 is 0. The van der Waals surface area contributed by atoms with Gasteiger partial charge in [-0.25, -0.2) is 13.4 Å². The number of aliphatic imine (C=N–C) groups is 1. The number of nitrogens with zero attached hydrogens (tertiary/aromatic N) is 1. The van der Waals surface area contributed by atoms with E-state index in [1.165, 1.54) is 0 Å². The quantitative estimate of drug-likeness (QED) is 0.347. The van der Waals surface area contributed by atoms with Crippen molar-refractivity contribution in [1.29, 1.82) is 0 Å². The molecule has 1 amide bonds. The molecular weight excluding hydrogens is 396 g/mol. The minimum atomic E-state index is -3.02. The van der Waals surface area contributed by atoms with E-state index >= 15 is 0 Å². The fourth-order valence-corrected chi connectivity index (χ4v) is 5.00. The Bertz CT molecular complexity index is 845. The molecule has 4 N–H and O–H groups in total. The minimum absolute atomic E-state index is 0.0122. The van der Waals surface area contributed by atoms with Crippen LogP contribution in [0.3, 0.4) is 0 Å². The summed E-state index contributed by atoms with van der Waals surface area (Å²) in [7, 11) is -3.02. The Morgan fingerprint density at radius 1 is 1.38 bits per heavy atom. The van der Waals surface area contributed by atoms with E-state index < -0.39 is 15.4 Å². The molecule has 1 fully saturated rings. The number of aryl methyl sites for hydroxylation is 2. The van der Waals surface area contributed by atoms with Crippen LogP contribution in [0.25, 0.3) is 0 Å². The second kappa shape index (κ2) is 9.62. The Labute approximate surface area is 172 Å².